The number of ketones is 1. The number of rotatable bonds is 4. The second-order valence-corrected chi connectivity index (χ2v) is 3.28. The average molecular weight is 232 g/mol. The van der Waals surface area contributed by atoms with E-state index in [2.05, 4.69) is 4.98 Å². The number of aromatic nitrogens is 1. The standard InChI is InChI=1S/C10H11F3N2O/c11-10(12,13)3-1-9(16)7-2-4-15-8(5-7)6-14/h2,4-5H,1,3,6,14H2. The van der Waals surface area contributed by atoms with E-state index in [1.807, 2.05) is 0 Å². The van der Waals surface area contributed by atoms with Gasteiger partial charge in [0.15, 0.2) is 5.78 Å². The molecule has 6 heteroatoms. The number of halogens is 3. The Morgan fingerprint density at radius 3 is 2.69 bits per heavy atom. The fraction of sp³-hybridized carbons (Fsp3) is 0.400. The van der Waals surface area contributed by atoms with Crippen LogP contribution >= 0.6 is 0 Å². The van der Waals surface area contributed by atoms with Crippen molar-refractivity contribution in [3.8, 4) is 0 Å². The van der Waals surface area contributed by atoms with Crippen molar-refractivity contribution in [3.63, 3.8) is 0 Å². The summed E-state index contributed by atoms with van der Waals surface area (Å²) < 4.78 is 35.7. The van der Waals surface area contributed by atoms with Crippen molar-refractivity contribution in [1.29, 1.82) is 0 Å². The molecule has 0 spiro atoms. The molecule has 0 amide bonds. The number of alkyl halides is 3. The van der Waals surface area contributed by atoms with E-state index in [0.717, 1.165) is 0 Å². The van der Waals surface area contributed by atoms with Crippen molar-refractivity contribution in [2.24, 2.45) is 5.73 Å². The molecular weight excluding hydrogens is 221 g/mol. The molecule has 0 aliphatic rings. The molecule has 1 heterocycles. The molecule has 0 unspecified atom stereocenters. The van der Waals surface area contributed by atoms with Crippen LogP contribution in [0.5, 0.6) is 0 Å². The zero-order valence-corrected chi connectivity index (χ0v) is 8.42. The molecule has 0 radical (unpaired) electrons. The Morgan fingerprint density at radius 2 is 2.12 bits per heavy atom. The van der Waals surface area contributed by atoms with Gasteiger partial charge in [-0.2, -0.15) is 13.2 Å². The zero-order chi connectivity index (χ0) is 12.2. The Hall–Kier alpha value is -1.43. The maximum Gasteiger partial charge on any atom is 0.389 e. The highest BCUT2D eigenvalue weighted by Gasteiger charge is 2.28. The molecule has 16 heavy (non-hydrogen) atoms. The monoisotopic (exact) mass is 232 g/mol. The lowest BCUT2D eigenvalue weighted by Gasteiger charge is -2.05. The van der Waals surface area contributed by atoms with Crippen LogP contribution in [0.4, 0.5) is 13.2 Å². The van der Waals surface area contributed by atoms with Gasteiger partial charge in [-0.3, -0.25) is 9.78 Å². The van der Waals surface area contributed by atoms with Crippen molar-refractivity contribution in [2.75, 3.05) is 0 Å². The third kappa shape index (κ3) is 3.98. The van der Waals surface area contributed by atoms with Gasteiger partial charge in [0.25, 0.3) is 0 Å². The Labute approximate surface area is 90.5 Å². The zero-order valence-electron chi connectivity index (χ0n) is 8.42. The highest BCUT2D eigenvalue weighted by molar-refractivity contribution is 5.96. The van der Waals surface area contributed by atoms with Crippen LogP contribution in [0.1, 0.15) is 28.9 Å². The van der Waals surface area contributed by atoms with E-state index >= 15 is 0 Å². The van der Waals surface area contributed by atoms with Crippen LogP contribution in [0.25, 0.3) is 0 Å². The Bertz CT molecular complexity index is 377. The van der Waals surface area contributed by atoms with Gasteiger partial charge in [0.05, 0.1) is 12.1 Å². The summed E-state index contributed by atoms with van der Waals surface area (Å²) in [5, 5.41) is 0. The summed E-state index contributed by atoms with van der Waals surface area (Å²) in [5.74, 6) is -0.547. The fourth-order valence-electron chi connectivity index (χ4n) is 1.16. The molecule has 1 rings (SSSR count). The second kappa shape index (κ2) is 5.07. The third-order valence-corrected chi connectivity index (χ3v) is 1.98. The summed E-state index contributed by atoms with van der Waals surface area (Å²) in [5.41, 5.74) is 6.01. The predicted molar refractivity (Wildman–Crippen MR) is 51.7 cm³/mol. The lowest BCUT2D eigenvalue weighted by molar-refractivity contribution is -0.133. The number of carbonyl (C=O) groups excluding carboxylic acids is 1. The van der Waals surface area contributed by atoms with Gasteiger partial charge in [-0.05, 0) is 12.1 Å². The van der Waals surface area contributed by atoms with Crippen LogP contribution in [-0.2, 0) is 6.54 Å². The summed E-state index contributed by atoms with van der Waals surface area (Å²) >= 11 is 0. The van der Waals surface area contributed by atoms with E-state index in [9.17, 15) is 18.0 Å². The van der Waals surface area contributed by atoms with Gasteiger partial charge in [0.2, 0.25) is 0 Å². The highest BCUT2D eigenvalue weighted by Crippen LogP contribution is 2.22. The first-order valence-electron chi connectivity index (χ1n) is 4.67. The normalized spacial score (nSPS) is 11.5. The first kappa shape index (κ1) is 12.6. The van der Waals surface area contributed by atoms with Crippen LogP contribution in [0.2, 0.25) is 0 Å². The van der Waals surface area contributed by atoms with Crippen molar-refractivity contribution < 1.29 is 18.0 Å². The minimum atomic E-state index is -4.31. The molecule has 2 N–H and O–H groups in total. The quantitative estimate of drug-likeness (QED) is 0.808. The van der Waals surface area contributed by atoms with E-state index in [0.29, 0.717) is 5.69 Å². The molecule has 0 aliphatic carbocycles. The number of pyridine rings is 1. The maximum atomic E-state index is 11.9. The van der Waals surface area contributed by atoms with Gasteiger partial charge in [0.1, 0.15) is 0 Å². The highest BCUT2D eigenvalue weighted by atomic mass is 19.4. The molecule has 0 saturated carbocycles. The van der Waals surface area contributed by atoms with Crippen LogP contribution in [0, 0.1) is 0 Å². The summed E-state index contributed by atoms with van der Waals surface area (Å²) in [7, 11) is 0. The molecule has 0 saturated heterocycles. The minimum absolute atomic E-state index is 0.153. The van der Waals surface area contributed by atoms with Crippen molar-refractivity contribution in [2.45, 2.75) is 25.6 Å². The van der Waals surface area contributed by atoms with E-state index in [1.165, 1.54) is 18.3 Å². The Morgan fingerprint density at radius 1 is 1.44 bits per heavy atom. The summed E-state index contributed by atoms with van der Waals surface area (Å²) in [6.45, 7) is 0.153. The number of hydrogen-bond donors (Lipinski definition) is 1. The summed E-state index contributed by atoms with van der Waals surface area (Å²) in [6.07, 6.45) is -4.59. The topological polar surface area (TPSA) is 56.0 Å². The molecule has 88 valence electrons. The second-order valence-electron chi connectivity index (χ2n) is 3.28. The number of carbonyl (C=O) groups is 1. The molecule has 0 bridgehead atoms. The average Bonchev–Trinajstić information content (AvgIpc) is 2.25. The SMILES string of the molecule is NCc1cc(C(=O)CCC(F)(F)F)ccn1. The molecule has 1 aromatic rings. The van der Waals surface area contributed by atoms with Crippen LogP contribution in [-0.4, -0.2) is 16.9 Å². The summed E-state index contributed by atoms with van der Waals surface area (Å²) in [4.78, 5) is 15.2. The van der Waals surface area contributed by atoms with Crippen LogP contribution in [0.15, 0.2) is 18.3 Å². The van der Waals surface area contributed by atoms with Gasteiger partial charge in [-0.1, -0.05) is 0 Å². The smallest absolute Gasteiger partial charge is 0.325 e. The van der Waals surface area contributed by atoms with Gasteiger partial charge in [-0.15, -0.1) is 0 Å². The molecule has 0 atom stereocenters. The van der Waals surface area contributed by atoms with Crippen LogP contribution < -0.4 is 5.73 Å². The van der Waals surface area contributed by atoms with Gasteiger partial charge >= 0.3 is 6.18 Å². The Kier molecular flexibility index (Phi) is 4.00. The number of nitrogens with two attached hydrogens (primary N) is 1. The van der Waals surface area contributed by atoms with Crippen molar-refractivity contribution in [1.82, 2.24) is 4.98 Å². The third-order valence-electron chi connectivity index (χ3n) is 1.98. The van der Waals surface area contributed by atoms with Gasteiger partial charge < -0.3 is 5.73 Å². The van der Waals surface area contributed by atoms with E-state index in [4.69, 9.17) is 5.73 Å². The first-order valence-corrected chi connectivity index (χ1v) is 4.67. The molecular formula is C10H11F3N2O. The Balaban J connectivity index is 2.66. The first-order chi connectivity index (χ1) is 7.42. The van der Waals surface area contributed by atoms with E-state index in [-0.39, 0.29) is 12.1 Å². The summed E-state index contributed by atoms with van der Waals surface area (Å²) in [6, 6.07) is 2.80. The van der Waals surface area contributed by atoms with E-state index in [1.54, 1.807) is 0 Å². The number of nitrogens with zero attached hydrogens (tertiary/aromatic N) is 1. The molecule has 3 nitrogen and oxygen atoms in total. The van der Waals surface area contributed by atoms with Crippen molar-refractivity contribution in [3.05, 3.63) is 29.6 Å². The molecule has 0 fully saturated rings. The molecule has 1 aromatic heterocycles. The molecule has 0 aliphatic heterocycles. The lowest BCUT2D eigenvalue weighted by Crippen LogP contribution is -2.11. The predicted octanol–water partition coefficient (Wildman–Crippen LogP) is 2.07. The molecule has 0 aromatic carbocycles. The fourth-order valence-corrected chi connectivity index (χ4v) is 1.16. The van der Waals surface area contributed by atoms with E-state index < -0.39 is 24.8 Å². The maximum absolute atomic E-state index is 11.9. The van der Waals surface area contributed by atoms with Gasteiger partial charge in [-0.25, -0.2) is 0 Å². The lowest BCUT2D eigenvalue weighted by atomic mass is 10.1. The number of Topliss-reactive ketones (excluding diaryl/α,β-unsaturated/α-hetero) is 1. The minimum Gasteiger partial charge on any atom is -0.325 e. The van der Waals surface area contributed by atoms with Crippen molar-refractivity contribution >= 4 is 5.78 Å². The largest absolute Gasteiger partial charge is 0.389 e. The number of hydrogen-bond acceptors (Lipinski definition) is 3. The van der Waals surface area contributed by atoms with Crippen LogP contribution in [0.3, 0.4) is 0 Å². The van der Waals surface area contributed by atoms with Gasteiger partial charge in [0, 0.05) is 24.7 Å².